The number of aryl methyl sites for hydroxylation is 1. The van der Waals surface area contributed by atoms with Gasteiger partial charge in [-0.2, -0.15) is 0 Å². The molecule has 0 amide bonds. The molecule has 25 heavy (non-hydrogen) atoms. The summed E-state index contributed by atoms with van der Waals surface area (Å²) in [5.74, 6) is 1.85. The minimum atomic E-state index is 0.460. The number of nitrogens with two attached hydrogens (primary N) is 1. The number of benzene rings is 2. The molecule has 6 nitrogen and oxygen atoms in total. The van der Waals surface area contributed by atoms with Crippen LogP contribution in [0.1, 0.15) is 11.1 Å². The third-order valence-electron chi connectivity index (χ3n) is 3.79. The number of hydrogen-bond acceptors (Lipinski definition) is 6. The highest BCUT2D eigenvalue weighted by Gasteiger charge is 2.11. The Kier molecular flexibility index (Phi) is 4.99. The summed E-state index contributed by atoms with van der Waals surface area (Å²) < 4.78 is 5.39. The van der Waals surface area contributed by atoms with Crippen molar-refractivity contribution in [3.05, 3.63) is 66.0 Å². The van der Waals surface area contributed by atoms with E-state index in [4.69, 9.17) is 10.5 Å². The second-order valence-electron chi connectivity index (χ2n) is 5.65. The van der Waals surface area contributed by atoms with E-state index < -0.39 is 0 Å². The lowest BCUT2D eigenvalue weighted by atomic mass is 10.2. The van der Waals surface area contributed by atoms with Crippen LogP contribution >= 0.6 is 0 Å². The zero-order chi connectivity index (χ0) is 17.6. The van der Waals surface area contributed by atoms with Gasteiger partial charge >= 0.3 is 0 Å². The summed E-state index contributed by atoms with van der Waals surface area (Å²) >= 11 is 0. The normalized spacial score (nSPS) is 10.3. The molecule has 128 valence electrons. The SMILES string of the molecule is COc1ccc(C)cc1Nc1ncnc(NCc2ccccc2)c1N. The molecule has 0 unspecified atom stereocenters. The molecule has 0 atom stereocenters. The zero-order valence-corrected chi connectivity index (χ0v) is 14.3. The second kappa shape index (κ2) is 7.53. The first-order valence-corrected chi connectivity index (χ1v) is 7.97. The molecule has 6 heteroatoms. The molecular formula is C19H21N5O. The maximum atomic E-state index is 6.23. The molecule has 0 bridgehead atoms. The molecule has 1 heterocycles. The topological polar surface area (TPSA) is 85.1 Å². The Morgan fingerprint density at radius 3 is 2.56 bits per heavy atom. The average Bonchev–Trinajstić information content (AvgIpc) is 2.63. The fourth-order valence-electron chi connectivity index (χ4n) is 2.46. The van der Waals surface area contributed by atoms with E-state index in [2.05, 4.69) is 20.6 Å². The molecule has 2 aromatic carbocycles. The first-order chi connectivity index (χ1) is 12.2. The van der Waals surface area contributed by atoms with Crippen molar-refractivity contribution in [3.63, 3.8) is 0 Å². The molecule has 0 fully saturated rings. The lowest BCUT2D eigenvalue weighted by molar-refractivity contribution is 0.416. The van der Waals surface area contributed by atoms with Crippen molar-refractivity contribution in [1.29, 1.82) is 0 Å². The van der Waals surface area contributed by atoms with Crippen LogP contribution in [0, 0.1) is 6.92 Å². The van der Waals surface area contributed by atoms with Gasteiger partial charge in [-0.25, -0.2) is 9.97 Å². The van der Waals surface area contributed by atoms with Crippen LogP contribution in [0.15, 0.2) is 54.9 Å². The fourth-order valence-corrected chi connectivity index (χ4v) is 2.46. The van der Waals surface area contributed by atoms with E-state index in [0.717, 1.165) is 22.6 Å². The van der Waals surface area contributed by atoms with Crippen molar-refractivity contribution in [2.45, 2.75) is 13.5 Å². The third-order valence-corrected chi connectivity index (χ3v) is 3.79. The summed E-state index contributed by atoms with van der Waals surface area (Å²) in [5, 5.41) is 6.48. The Morgan fingerprint density at radius 2 is 1.80 bits per heavy atom. The Morgan fingerprint density at radius 1 is 1.04 bits per heavy atom. The van der Waals surface area contributed by atoms with E-state index in [1.165, 1.54) is 6.33 Å². The summed E-state index contributed by atoms with van der Waals surface area (Å²) in [4.78, 5) is 8.49. The molecular weight excluding hydrogens is 314 g/mol. The molecule has 3 aromatic rings. The standard InChI is InChI=1S/C19H21N5O/c1-13-8-9-16(25-2)15(10-13)24-19-17(20)18(22-12-23-19)21-11-14-6-4-3-5-7-14/h3-10,12H,11,20H2,1-2H3,(H2,21,22,23,24). The molecule has 0 aliphatic heterocycles. The van der Waals surface area contributed by atoms with Crippen molar-refractivity contribution in [2.24, 2.45) is 0 Å². The van der Waals surface area contributed by atoms with E-state index in [9.17, 15) is 0 Å². The molecule has 0 saturated heterocycles. The van der Waals surface area contributed by atoms with Crippen LogP contribution < -0.4 is 21.1 Å². The lowest BCUT2D eigenvalue weighted by Crippen LogP contribution is -2.08. The number of aromatic nitrogens is 2. The fraction of sp³-hybridized carbons (Fsp3) is 0.158. The monoisotopic (exact) mass is 335 g/mol. The summed E-state index contributed by atoms with van der Waals surface area (Å²) in [6.07, 6.45) is 1.48. The number of rotatable bonds is 6. The number of nitrogen functional groups attached to an aromatic ring is 1. The number of nitrogens with one attached hydrogen (secondary N) is 2. The van der Waals surface area contributed by atoms with Crippen LogP contribution in [0.4, 0.5) is 23.0 Å². The highest BCUT2D eigenvalue weighted by atomic mass is 16.5. The minimum absolute atomic E-state index is 0.460. The summed E-state index contributed by atoms with van der Waals surface area (Å²) in [7, 11) is 1.63. The van der Waals surface area contributed by atoms with Crippen LogP contribution in [0.5, 0.6) is 5.75 Å². The van der Waals surface area contributed by atoms with Crippen molar-refractivity contribution in [1.82, 2.24) is 9.97 Å². The second-order valence-corrected chi connectivity index (χ2v) is 5.65. The van der Waals surface area contributed by atoms with Crippen LogP contribution in [-0.4, -0.2) is 17.1 Å². The number of ether oxygens (including phenoxy) is 1. The molecule has 1 aromatic heterocycles. The first-order valence-electron chi connectivity index (χ1n) is 7.97. The van der Waals surface area contributed by atoms with Gasteiger partial charge in [-0.05, 0) is 30.2 Å². The van der Waals surface area contributed by atoms with Gasteiger partial charge in [-0.1, -0.05) is 36.4 Å². The average molecular weight is 335 g/mol. The predicted molar refractivity (Wildman–Crippen MR) is 101 cm³/mol. The van der Waals surface area contributed by atoms with Crippen molar-refractivity contribution in [2.75, 3.05) is 23.5 Å². The molecule has 3 rings (SSSR count). The van der Waals surface area contributed by atoms with Crippen LogP contribution in [-0.2, 0) is 6.54 Å². The van der Waals surface area contributed by atoms with Crippen LogP contribution in [0.25, 0.3) is 0 Å². The summed E-state index contributed by atoms with van der Waals surface area (Å²) in [6.45, 7) is 2.65. The van der Waals surface area contributed by atoms with Crippen molar-refractivity contribution < 1.29 is 4.74 Å². The van der Waals surface area contributed by atoms with Gasteiger partial charge in [0.15, 0.2) is 11.6 Å². The number of nitrogens with zero attached hydrogens (tertiary/aromatic N) is 2. The largest absolute Gasteiger partial charge is 0.495 e. The molecule has 0 aliphatic carbocycles. The quantitative estimate of drug-likeness (QED) is 0.636. The van der Waals surface area contributed by atoms with E-state index >= 15 is 0 Å². The summed E-state index contributed by atoms with van der Waals surface area (Å²) in [5.41, 5.74) is 9.76. The number of methoxy groups -OCH3 is 1. The Hall–Kier alpha value is -3.28. The van der Waals surface area contributed by atoms with Crippen LogP contribution in [0.3, 0.4) is 0 Å². The van der Waals surface area contributed by atoms with Gasteiger partial charge in [0.2, 0.25) is 0 Å². The van der Waals surface area contributed by atoms with Crippen LogP contribution in [0.2, 0.25) is 0 Å². The first kappa shape index (κ1) is 16.6. The van der Waals surface area contributed by atoms with Gasteiger partial charge in [-0.3, -0.25) is 0 Å². The number of anilines is 4. The lowest BCUT2D eigenvalue weighted by Gasteiger charge is -2.15. The van der Waals surface area contributed by atoms with E-state index in [1.54, 1.807) is 7.11 Å². The third kappa shape index (κ3) is 3.98. The maximum Gasteiger partial charge on any atom is 0.159 e. The zero-order valence-electron chi connectivity index (χ0n) is 14.3. The highest BCUT2D eigenvalue weighted by Crippen LogP contribution is 2.31. The number of hydrogen-bond donors (Lipinski definition) is 3. The van der Waals surface area contributed by atoms with E-state index in [0.29, 0.717) is 23.9 Å². The van der Waals surface area contributed by atoms with Gasteiger partial charge in [0.1, 0.15) is 17.8 Å². The minimum Gasteiger partial charge on any atom is -0.495 e. The van der Waals surface area contributed by atoms with Crippen molar-refractivity contribution in [3.8, 4) is 5.75 Å². The maximum absolute atomic E-state index is 6.23. The Labute approximate surface area is 147 Å². The molecule has 0 radical (unpaired) electrons. The van der Waals surface area contributed by atoms with Gasteiger partial charge in [0, 0.05) is 6.54 Å². The Bertz CT molecular complexity index is 852. The summed E-state index contributed by atoms with van der Waals surface area (Å²) in [6, 6.07) is 15.9. The highest BCUT2D eigenvalue weighted by molar-refractivity contribution is 5.79. The smallest absolute Gasteiger partial charge is 0.159 e. The van der Waals surface area contributed by atoms with E-state index in [-0.39, 0.29) is 0 Å². The molecule has 0 aliphatic rings. The van der Waals surface area contributed by atoms with Gasteiger partial charge in [-0.15, -0.1) is 0 Å². The van der Waals surface area contributed by atoms with Gasteiger partial charge in [0.05, 0.1) is 12.8 Å². The van der Waals surface area contributed by atoms with Crippen molar-refractivity contribution >= 4 is 23.0 Å². The van der Waals surface area contributed by atoms with Gasteiger partial charge in [0.25, 0.3) is 0 Å². The molecule has 0 spiro atoms. The molecule has 4 N–H and O–H groups in total. The Balaban J connectivity index is 1.80. The molecule has 0 saturated carbocycles. The van der Waals surface area contributed by atoms with E-state index in [1.807, 2.05) is 55.5 Å². The predicted octanol–water partition coefficient (Wildman–Crippen LogP) is 3.73. The van der Waals surface area contributed by atoms with Gasteiger partial charge < -0.3 is 21.1 Å².